The number of halogens is 3. The molecule has 138 valence electrons. The smallest absolute Gasteiger partial charge is 0.405 e. The Hall–Kier alpha value is -2.14. The van der Waals surface area contributed by atoms with Crippen molar-refractivity contribution in [3.8, 4) is 0 Å². The zero-order valence-corrected chi connectivity index (χ0v) is 13.6. The molecule has 1 fully saturated rings. The van der Waals surface area contributed by atoms with Crippen LogP contribution in [0.2, 0.25) is 0 Å². The van der Waals surface area contributed by atoms with Gasteiger partial charge < -0.3 is 10.4 Å². The molecule has 1 aliphatic rings. The second kappa shape index (κ2) is 7.00. The Morgan fingerprint density at radius 2 is 2.00 bits per heavy atom. The standard InChI is InChI=1S/C14H15F3N2O5S/c15-14(16,17)8-18-12(20)9-3-1-4-10(7-9)25(23,24)19-6-2-5-11(19)13(21)22/h1,3-4,7,11H,2,5-6,8H2,(H,18,20)(H,21,22). The molecule has 11 heteroatoms. The monoisotopic (exact) mass is 380 g/mol. The minimum Gasteiger partial charge on any atom is -0.480 e. The molecular weight excluding hydrogens is 365 g/mol. The summed E-state index contributed by atoms with van der Waals surface area (Å²) in [6.45, 7) is -1.53. The van der Waals surface area contributed by atoms with Crippen LogP contribution in [0.5, 0.6) is 0 Å². The fraction of sp³-hybridized carbons (Fsp3) is 0.429. The van der Waals surface area contributed by atoms with Crippen LogP contribution < -0.4 is 5.32 Å². The van der Waals surface area contributed by atoms with Crippen LogP contribution in [0.1, 0.15) is 23.2 Å². The van der Waals surface area contributed by atoms with Gasteiger partial charge in [0.05, 0.1) is 4.90 Å². The summed E-state index contributed by atoms with van der Waals surface area (Å²) in [4.78, 5) is 22.6. The van der Waals surface area contributed by atoms with Gasteiger partial charge in [-0.15, -0.1) is 0 Å². The summed E-state index contributed by atoms with van der Waals surface area (Å²) in [6.07, 6.45) is -4.05. The average molecular weight is 380 g/mol. The van der Waals surface area contributed by atoms with E-state index in [-0.39, 0.29) is 23.4 Å². The van der Waals surface area contributed by atoms with Gasteiger partial charge in [0.2, 0.25) is 10.0 Å². The van der Waals surface area contributed by atoms with E-state index in [0.717, 1.165) is 16.4 Å². The van der Waals surface area contributed by atoms with Crippen LogP contribution in [0.25, 0.3) is 0 Å². The molecule has 1 aromatic rings. The number of amides is 1. The Morgan fingerprint density at radius 3 is 2.60 bits per heavy atom. The van der Waals surface area contributed by atoms with Gasteiger partial charge in [-0.25, -0.2) is 8.42 Å². The molecule has 2 rings (SSSR count). The van der Waals surface area contributed by atoms with Crippen LogP contribution in [0.15, 0.2) is 29.2 Å². The lowest BCUT2D eigenvalue weighted by atomic mass is 10.2. The molecule has 7 nitrogen and oxygen atoms in total. The number of benzene rings is 1. The fourth-order valence-electron chi connectivity index (χ4n) is 2.49. The third-order valence-electron chi connectivity index (χ3n) is 3.64. The molecule has 1 amide bonds. The van der Waals surface area contributed by atoms with Gasteiger partial charge in [-0.05, 0) is 31.0 Å². The second-order valence-electron chi connectivity index (χ2n) is 5.44. The number of hydrogen-bond donors (Lipinski definition) is 2. The molecule has 1 saturated heterocycles. The largest absolute Gasteiger partial charge is 0.480 e. The van der Waals surface area contributed by atoms with Crippen molar-refractivity contribution in [2.24, 2.45) is 0 Å². The molecule has 0 spiro atoms. The third kappa shape index (κ3) is 4.48. The highest BCUT2D eigenvalue weighted by Crippen LogP contribution is 2.26. The Balaban J connectivity index is 2.25. The number of sulfonamides is 1. The Morgan fingerprint density at radius 1 is 1.32 bits per heavy atom. The molecule has 0 aromatic heterocycles. The van der Waals surface area contributed by atoms with Gasteiger partial charge in [-0.3, -0.25) is 9.59 Å². The summed E-state index contributed by atoms with van der Waals surface area (Å²) in [6, 6.07) is 3.27. The molecule has 0 bridgehead atoms. The van der Waals surface area contributed by atoms with Crippen molar-refractivity contribution < 1.29 is 36.3 Å². The highest BCUT2D eigenvalue weighted by atomic mass is 32.2. The summed E-state index contributed by atoms with van der Waals surface area (Å²) in [7, 11) is -4.18. The van der Waals surface area contributed by atoms with E-state index in [2.05, 4.69) is 0 Å². The summed E-state index contributed by atoms with van der Waals surface area (Å²) in [5, 5.41) is 10.8. The van der Waals surface area contributed by atoms with Gasteiger partial charge in [0.25, 0.3) is 5.91 Å². The van der Waals surface area contributed by atoms with E-state index in [1.165, 1.54) is 12.1 Å². The fourth-order valence-corrected chi connectivity index (χ4v) is 4.19. The lowest BCUT2D eigenvalue weighted by Gasteiger charge is -2.21. The molecule has 1 heterocycles. The first-order chi connectivity index (χ1) is 11.5. The van der Waals surface area contributed by atoms with Gasteiger partial charge in [-0.2, -0.15) is 17.5 Å². The number of carboxylic acid groups (broad SMARTS) is 1. The molecule has 0 saturated carbocycles. The van der Waals surface area contributed by atoms with Crippen LogP contribution in [-0.2, 0) is 14.8 Å². The summed E-state index contributed by atoms with van der Waals surface area (Å²) in [5.41, 5.74) is -0.267. The predicted molar refractivity (Wildman–Crippen MR) is 79.4 cm³/mol. The van der Waals surface area contributed by atoms with Crippen LogP contribution in [0.3, 0.4) is 0 Å². The van der Waals surface area contributed by atoms with E-state index in [1.807, 2.05) is 0 Å². The first-order valence-electron chi connectivity index (χ1n) is 7.22. The second-order valence-corrected chi connectivity index (χ2v) is 7.33. The molecule has 0 aliphatic carbocycles. The van der Waals surface area contributed by atoms with Crippen LogP contribution in [0.4, 0.5) is 13.2 Å². The van der Waals surface area contributed by atoms with Gasteiger partial charge in [0.15, 0.2) is 0 Å². The molecule has 0 radical (unpaired) electrons. The Labute approximate surface area is 141 Å². The van der Waals surface area contributed by atoms with Crippen molar-refractivity contribution >= 4 is 21.9 Å². The molecule has 2 N–H and O–H groups in total. The molecule has 1 atom stereocenters. The zero-order valence-electron chi connectivity index (χ0n) is 12.8. The maximum Gasteiger partial charge on any atom is 0.405 e. The van der Waals surface area contributed by atoms with E-state index < -0.39 is 40.7 Å². The lowest BCUT2D eigenvalue weighted by molar-refractivity contribution is -0.140. The maximum atomic E-state index is 12.6. The summed E-state index contributed by atoms with van der Waals surface area (Å²) < 4.78 is 62.5. The molecule has 1 aromatic carbocycles. The topological polar surface area (TPSA) is 104 Å². The highest BCUT2D eigenvalue weighted by Gasteiger charge is 2.39. The molecular formula is C14H15F3N2O5S. The zero-order chi connectivity index (χ0) is 18.8. The Kier molecular flexibility index (Phi) is 5.37. The SMILES string of the molecule is O=C(NCC(F)(F)F)c1cccc(S(=O)(=O)N2CCCC2C(=O)O)c1. The van der Waals surface area contributed by atoms with Crippen LogP contribution >= 0.6 is 0 Å². The number of alkyl halides is 3. The summed E-state index contributed by atoms with van der Waals surface area (Å²) >= 11 is 0. The van der Waals surface area contributed by atoms with E-state index in [4.69, 9.17) is 5.11 Å². The van der Waals surface area contributed by atoms with Crippen molar-refractivity contribution in [3.05, 3.63) is 29.8 Å². The van der Waals surface area contributed by atoms with Crippen LogP contribution in [0, 0.1) is 0 Å². The lowest BCUT2D eigenvalue weighted by Crippen LogP contribution is -2.40. The van der Waals surface area contributed by atoms with Crippen molar-refractivity contribution in [3.63, 3.8) is 0 Å². The van der Waals surface area contributed by atoms with E-state index in [9.17, 15) is 31.2 Å². The number of carbonyl (C=O) groups is 2. The Bertz CT molecular complexity index is 779. The van der Waals surface area contributed by atoms with Crippen LogP contribution in [-0.4, -0.2) is 55.0 Å². The minimum absolute atomic E-state index is 0.0177. The van der Waals surface area contributed by atoms with Crippen molar-refractivity contribution in [2.45, 2.75) is 30.0 Å². The molecule has 1 unspecified atom stereocenters. The van der Waals surface area contributed by atoms with Crippen molar-refractivity contribution in [2.75, 3.05) is 13.1 Å². The number of nitrogens with one attached hydrogen (secondary N) is 1. The maximum absolute atomic E-state index is 12.6. The first kappa shape index (κ1) is 19.2. The third-order valence-corrected chi connectivity index (χ3v) is 5.55. The van der Waals surface area contributed by atoms with Gasteiger partial charge in [0, 0.05) is 12.1 Å². The van der Waals surface area contributed by atoms with Crippen molar-refractivity contribution in [1.29, 1.82) is 0 Å². The minimum atomic E-state index is -4.59. The first-order valence-corrected chi connectivity index (χ1v) is 8.66. The molecule has 1 aliphatic heterocycles. The van der Waals surface area contributed by atoms with Gasteiger partial charge in [-0.1, -0.05) is 6.07 Å². The van der Waals surface area contributed by atoms with Gasteiger partial charge in [0.1, 0.15) is 12.6 Å². The van der Waals surface area contributed by atoms with E-state index in [0.29, 0.717) is 6.42 Å². The number of carboxylic acids is 1. The average Bonchev–Trinajstić information content (AvgIpc) is 3.02. The number of rotatable bonds is 5. The number of carbonyl (C=O) groups excluding carboxylic acids is 1. The van der Waals surface area contributed by atoms with Crippen molar-refractivity contribution in [1.82, 2.24) is 9.62 Å². The number of nitrogens with zero attached hydrogens (tertiary/aromatic N) is 1. The quantitative estimate of drug-likeness (QED) is 0.799. The predicted octanol–water partition coefficient (Wildman–Crippen LogP) is 1.22. The number of aliphatic carboxylic acids is 1. The number of hydrogen-bond acceptors (Lipinski definition) is 4. The molecule has 25 heavy (non-hydrogen) atoms. The summed E-state index contributed by atoms with van der Waals surface area (Å²) in [5.74, 6) is -2.36. The highest BCUT2D eigenvalue weighted by molar-refractivity contribution is 7.89. The van der Waals surface area contributed by atoms with E-state index in [1.54, 1.807) is 5.32 Å². The van der Waals surface area contributed by atoms with E-state index >= 15 is 0 Å². The normalized spacial score (nSPS) is 18.9. The van der Waals surface area contributed by atoms with Gasteiger partial charge >= 0.3 is 12.1 Å².